The minimum Gasteiger partial charge on any atom is -0.396 e. The van der Waals surface area contributed by atoms with Crippen molar-refractivity contribution in [1.29, 1.82) is 0 Å². The van der Waals surface area contributed by atoms with Crippen LogP contribution in [0.3, 0.4) is 0 Å². The van der Waals surface area contributed by atoms with Crippen LogP contribution in [-0.4, -0.2) is 52.8 Å². The van der Waals surface area contributed by atoms with Crippen LogP contribution in [0.2, 0.25) is 0 Å². The molecule has 3 amide bonds. The summed E-state index contributed by atoms with van der Waals surface area (Å²) in [7, 11) is 0. The smallest absolute Gasteiger partial charge is 0.224 e. The van der Waals surface area contributed by atoms with Gasteiger partial charge in [-0.25, -0.2) is 0 Å². The van der Waals surface area contributed by atoms with Gasteiger partial charge in [0.15, 0.2) is 0 Å². The normalized spacial score (nSPS) is 14.6. The molecule has 0 aromatic heterocycles. The van der Waals surface area contributed by atoms with Crippen LogP contribution in [0.25, 0.3) is 0 Å². The van der Waals surface area contributed by atoms with Crippen molar-refractivity contribution >= 4 is 23.5 Å². The number of carbonyl (C=O) groups is 4. The molecule has 0 aliphatic carbocycles. The summed E-state index contributed by atoms with van der Waals surface area (Å²) >= 11 is 0. The Morgan fingerprint density at radius 2 is 1.29 bits per heavy atom. The zero-order valence-electron chi connectivity index (χ0n) is 24.0. The Balaban J connectivity index is 6.03. The minimum atomic E-state index is -0.879. The fourth-order valence-corrected chi connectivity index (χ4v) is 4.09. The number of aliphatic hydroxyl groups excluding tert-OH is 1. The Morgan fingerprint density at radius 1 is 0.771 bits per heavy atom. The summed E-state index contributed by atoms with van der Waals surface area (Å²) in [6.07, 6.45) is 0.513. The van der Waals surface area contributed by atoms with Crippen molar-refractivity contribution in [2.75, 3.05) is 13.2 Å². The monoisotopic (exact) mass is 497 g/mol. The molecule has 0 fully saturated rings. The van der Waals surface area contributed by atoms with Gasteiger partial charge in [-0.15, -0.1) is 0 Å². The molecule has 0 spiro atoms. The molecular formula is C27H51N3O5. The molecule has 0 aliphatic heterocycles. The largest absolute Gasteiger partial charge is 0.396 e. The SMILES string of the molecule is CCNC(=O)CC(C(=O)NC(C)(C)C(C)(C)C(CC(=O)NC(C)(C)C)C(=O)CCCO)C(C)(C)C. The Morgan fingerprint density at radius 3 is 1.71 bits per heavy atom. The number of carbonyl (C=O) groups excluding carboxylic acids is 4. The van der Waals surface area contributed by atoms with E-state index in [0.717, 1.165) is 0 Å². The molecule has 204 valence electrons. The summed E-state index contributed by atoms with van der Waals surface area (Å²) in [6, 6.07) is 0. The molecule has 0 aromatic carbocycles. The minimum absolute atomic E-state index is 0.0184. The molecule has 2 unspecified atom stereocenters. The Labute approximate surface area is 212 Å². The van der Waals surface area contributed by atoms with Crippen molar-refractivity contribution in [3.05, 3.63) is 0 Å². The maximum absolute atomic E-state index is 13.5. The van der Waals surface area contributed by atoms with Gasteiger partial charge in [0.05, 0.1) is 5.92 Å². The van der Waals surface area contributed by atoms with Crippen LogP contribution in [0.5, 0.6) is 0 Å². The second-order valence-electron chi connectivity index (χ2n) is 12.8. The number of nitrogens with one attached hydrogen (secondary N) is 3. The van der Waals surface area contributed by atoms with Crippen molar-refractivity contribution in [2.45, 2.75) is 113 Å². The molecule has 0 rings (SSSR count). The average Bonchev–Trinajstić information content (AvgIpc) is 2.65. The van der Waals surface area contributed by atoms with Gasteiger partial charge in [0.25, 0.3) is 0 Å². The van der Waals surface area contributed by atoms with Crippen molar-refractivity contribution < 1.29 is 24.3 Å². The highest BCUT2D eigenvalue weighted by Gasteiger charge is 2.48. The summed E-state index contributed by atoms with van der Waals surface area (Å²) in [5, 5.41) is 18.0. The van der Waals surface area contributed by atoms with Crippen LogP contribution in [0, 0.1) is 22.7 Å². The molecule has 8 nitrogen and oxygen atoms in total. The number of ketones is 1. The highest BCUT2D eigenvalue weighted by Crippen LogP contribution is 2.42. The second kappa shape index (κ2) is 12.8. The van der Waals surface area contributed by atoms with Crippen LogP contribution in [0.15, 0.2) is 0 Å². The zero-order valence-corrected chi connectivity index (χ0v) is 24.0. The van der Waals surface area contributed by atoms with E-state index in [2.05, 4.69) is 16.0 Å². The molecule has 8 heteroatoms. The zero-order chi connectivity index (χ0) is 27.8. The lowest BCUT2D eigenvalue weighted by atomic mass is 9.62. The predicted octanol–water partition coefficient (Wildman–Crippen LogP) is 3.36. The van der Waals surface area contributed by atoms with E-state index in [1.54, 1.807) is 0 Å². The lowest BCUT2D eigenvalue weighted by molar-refractivity contribution is -0.140. The number of aliphatic hydroxyl groups is 1. The summed E-state index contributed by atoms with van der Waals surface area (Å²) in [5.74, 6) is -2.05. The van der Waals surface area contributed by atoms with Crippen molar-refractivity contribution in [3.63, 3.8) is 0 Å². The van der Waals surface area contributed by atoms with E-state index < -0.39 is 33.7 Å². The predicted molar refractivity (Wildman–Crippen MR) is 140 cm³/mol. The number of amides is 3. The summed E-state index contributed by atoms with van der Waals surface area (Å²) in [6.45, 7) is 21.1. The van der Waals surface area contributed by atoms with E-state index in [9.17, 15) is 24.3 Å². The third-order valence-electron chi connectivity index (χ3n) is 6.92. The lowest BCUT2D eigenvalue weighted by Gasteiger charge is -2.48. The average molecular weight is 498 g/mol. The van der Waals surface area contributed by atoms with Gasteiger partial charge < -0.3 is 21.1 Å². The number of hydrogen-bond acceptors (Lipinski definition) is 5. The van der Waals surface area contributed by atoms with Crippen molar-refractivity contribution in [3.8, 4) is 0 Å². The first-order valence-electron chi connectivity index (χ1n) is 12.7. The lowest BCUT2D eigenvalue weighted by Crippen LogP contribution is -2.60. The molecule has 0 radical (unpaired) electrons. The quantitative estimate of drug-likeness (QED) is 0.311. The van der Waals surface area contributed by atoms with E-state index >= 15 is 0 Å². The molecule has 4 N–H and O–H groups in total. The number of hydrogen-bond donors (Lipinski definition) is 4. The Kier molecular flexibility index (Phi) is 12.1. The van der Waals surface area contributed by atoms with Crippen LogP contribution in [0.4, 0.5) is 0 Å². The molecular weight excluding hydrogens is 446 g/mol. The van der Waals surface area contributed by atoms with E-state index in [1.807, 2.05) is 76.2 Å². The van der Waals surface area contributed by atoms with E-state index in [4.69, 9.17) is 0 Å². The van der Waals surface area contributed by atoms with Gasteiger partial charge in [0.2, 0.25) is 17.7 Å². The maximum atomic E-state index is 13.5. The molecule has 35 heavy (non-hydrogen) atoms. The van der Waals surface area contributed by atoms with E-state index in [1.165, 1.54) is 0 Å². The topological polar surface area (TPSA) is 125 Å². The maximum Gasteiger partial charge on any atom is 0.224 e. The Bertz CT molecular complexity index is 745. The van der Waals surface area contributed by atoms with Gasteiger partial charge in [-0.3, -0.25) is 19.2 Å². The van der Waals surface area contributed by atoms with Crippen LogP contribution >= 0.6 is 0 Å². The third-order valence-corrected chi connectivity index (χ3v) is 6.92. The standard InChI is InChI=1S/C27H51N3O5/c1-12-28-21(33)17-19(24(2,3)4)23(35)30-27(10,11)26(8,9)18(20(32)14-13-15-31)16-22(34)29-25(5,6)7/h18-19,31H,12-17H2,1-11H3,(H,28,33)(H,29,34)(H,30,35). The van der Waals surface area contributed by atoms with E-state index in [0.29, 0.717) is 13.0 Å². The van der Waals surface area contributed by atoms with Crippen LogP contribution < -0.4 is 16.0 Å². The van der Waals surface area contributed by atoms with Gasteiger partial charge in [0, 0.05) is 49.4 Å². The van der Waals surface area contributed by atoms with E-state index in [-0.39, 0.29) is 49.4 Å². The molecule has 0 heterocycles. The molecule has 0 saturated heterocycles. The summed E-state index contributed by atoms with van der Waals surface area (Å²) in [4.78, 5) is 51.8. The molecule has 2 atom stereocenters. The van der Waals surface area contributed by atoms with Gasteiger partial charge >= 0.3 is 0 Å². The van der Waals surface area contributed by atoms with Crippen LogP contribution in [-0.2, 0) is 19.2 Å². The highest BCUT2D eigenvalue weighted by molar-refractivity contribution is 5.89. The van der Waals surface area contributed by atoms with Crippen molar-refractivity contribution in [1.82, 2.24) is 16.0 Å². The number of rotatable bonds is 13. The third kappa shape index (κ3) is 10.7. The van der Waals surface area contributed by atoms with Crippen LogP contribution in [0.1, 0.15) is 102 Å². The molecule has 0 aromatic rings. The molecule has 0 saturated carbocycles. The molecule has 0 bridgehead atoms. The second-order valence-corrected chi connectivity index (χ2v) is 12.8. The fraction of sp³-hybridized carbons (Fsp3) is 0.852. The van der Waals surface area contributed by atoms with Gasteiger partial charge in [0.1, 0.15) is 5.78 Å². The first-order valence-corrected chi connectivity index (χ1v) is 12.7. The Hall–Kier alpha value is -1.96. The van der Waals surface area contributed by atoms with Gasteiger partial charge in [-0.05, 0) is 58.8 Å². The highest BCUT2D eigenvalue weighted by atomic mass is 16.3. The molecule has 0 aliphatic rings. The van der Waals surface area contributed by atoms with Gasteiger partial charge in [-0.2, -0.15) is 0 Å². The fourth-order valence-electron chi connectivity index (χ4n) is 4.09. The summed E-state index contributed by atoms with van der Waals surface area (Å²) < 4.78 is 0. The number of Topliss-reactive ketones (excluding diaryl/α,β-unsaturated/α-hetero) is 1. The first-order chi connectivity index (χ1) is 15.7. The first kappa shape index (κ1) is 33.0. The van der Waals surface area contributed by atoms with Crippen molar-refractivity contribution in [2.24, 2.45) is 22.7 Å². The summed E-state index contributed by atoms with van der Waals surface area (Å²) in [5.41, 5.74) is -2.59. The van der Waals surface area contributed by atoms with Gasteiger partial charge in [-0.1, -0.05) is 34.6 Å².